The van der Waals surface area contributed by atoms with Crippen molar-refractivity contribution in [2.75, 3.05) is 26.8 Å². The number of ether oxygens (including phenoxy) is 1. The summed E-state index contributed by atoms with van der Waals surface area (Å²) < 4.78 is 5.20. The highest BCUT2D eigenvalue weighted by atomic mass is 16.5. The number of hydrogen-bond donors (Lipinski definition) is 1. The maximum Gasteiger partial charge on any atom is 0.0589 e. The topological polar surface area (TPSA) is 38.5 Å². The van der Waals surface area contributed by atoms with Crippen LogP contribution in [0.15, 0.2) is 0 Å². The molecule has 1 aliphatic carbocycles. The van der Waals surface area contributed by atoms with E-state index >= 15 is 0 Å². The van der Waals surface area contributed by atoms with Gasteiger partial charge in [-0.1, -0.05) is 19.8 Å². The molecule has 1 saturated carbocycles. The smallest absolute Gasteiger partial charge is 0.0589 e. The van der Waals surface area contributed by atoms with E-state index in [9.17, 15) is 0 Å². The maximum absolute atomic E-state index is 6.21. The van der Waals surface area contributed by atoms with Gasteiger partial charge in [-0.25, -0.2) is 0 Å². The largest absolute Gasteiger partial charge is 0.383 e. The van der Waals surface area contributed by atoms with Crippen LogP contribution in [0.3, 0.4) is 0 Å². The van der Waals surface area contributed by atoms with Crippen LogP contribution >= 0.6 is 0 Å². The molecule has 0 aliphatic heterocycles. The summed E-state index contributed by atoms with van der Waals surface area (Å²) in [6.45, 7) is 7.44. The molecule has 102 valence electrons. The molecule has 3 heteroatoms. The minimum atomic E-state index is 0.327. The van der Waals surface area contributed by atoms with Crippen LogP contribution in [-0.4, -0.2) is 43.8 Å². The Morgan fingerprint density at radius 3 is 2.65 bits per heavy atom. The van der Waals surface area contributed by atoms with E-state index in [2.05, 4.69) is 18.7 Å². The molecule has 0 aromatic carbocycles. The molecule has 1 aliphatic rings. The first-order valence-corrected chi connectivity index (χ1v) is 7.17. The van der Waals surface area contributed by atoms with Crippen LogP contribution in [0.25, 0.3) is 0 Å². The van der Waals surface area contributed by atoms with Gasteiger partial charge in [-0.15, -0.1) is 0 Å². The summed E-state index contributed by atoms with van der Waals surface area (Å²) in [7, 11) is 1.77. The summed E-state index contributed by atoms with van der Waals surface area (Å²) in [6.07, 6.45) is 6.43. The second-order valence-corrected chi connectivity index (χ2v) is 5.47. The van der Waals surface area contributed by atoms with Crippen molar-refractivity contribution < 1.29 is 4.74 Å². The Hall–Kier alpha value is -0.120. The number of hydrogen-bond acceptors (Lipinski definition) is 3. The first-order chi connectivity index (χ1) is 8.19. The normalized spacial score (nSPS) is 19.6. The Labute approximate surface area is 107 Å². The third-order valence-corrected chi connectivity index (χ3v) is 3.86. The summed E-state index contributed by atoms with van der Waals surface area (Å²) >= 11 is 0. The SMILES string of the molecule is CCCCC(N)CN(CCOC)C(C)C1CC1. The van der Waals surface area contributed by atoms with Crippen LogP contribution < -0.4 is 5.73 Å². The average molecular weight is 242 g/mol. The van der Waals surface area contributed by atoms with Gasteiger partial charge in [0.25, 0.3) is 0 Å². The van der Waals surface area contributed by atoms with Gasteiger partial charge in [0.15, 0.2) is 0 Å². The van der Waals surface area contributed by atoms with Crippen LogP contribution in [0.4, 0.5) is 0 Å². The van der Waals surface area contributed by atoms with Crippen molar-refractivity contribution in [3.8, 4) is 0 Å². The van der Waals surface area contributed by atoms with Crippen molar-refractivity contribution in [1.82, 2.24) is 4.90 Å². The standard InChI is InChI=1S/C14H30N2O/c1-4-5-6-14(15)11-16(9-10-17-3)12(2)13-7-8-13/h12-14H,4-11,15H2,1-3H3. The van der Waals surface area contributed by atoms with Gasteiger partial charge in [-0.2, -0.15) is 0 Å². The molecule has 1 rings (SSSR count). The molecule has 0 saturated heterocycles. The first-order valence-electron chi connectivity index (χ1n) is 7.17. The van der Waals surface area contributed by atoms with E-state index in [0.717, 1.165) is 32.0 Å². The van der Waals surface area contributed by atoms with Crippen molar-refractivity contribution in [2.24, 2.45) is 11.7 Å². The lowest BCUT2D eigenvalue weighted by atomic mass is 10.1. The van der Waals surface area contributed by atoms with Gasteiger partial charge in [-0.3, -0.25) is 4.90 Å². The molecule has 0 radical (unpaired) electrons. The fraction of sp³-hybridized carbons (Fsp3) is 1.00. The number of unbranched alkanes of at least 4 members (excludes halogenated alkanes) is 1. The van der Waals surface area contributed by atoms with Crippen molar-refractivity contribution in [3.63, 3.8) is 0 Å². The third-order valence-electron chi connectivity index (χ3n) is 3.86. The minimum Gasteiger partial charge on any atom is -0.383 e. The first kappa shape index (κ1) is 14.9. The lowest BCUT2D eigenvalue weighted by Gasteiger charge is -2.31. The molecule has 1 fully saturated rings. The molecule has 0 spiro atoms. The number of methoxy groups -OCH3 is 1. The Bertz CT molecular complexity index is 195. The lowest BCUT2D eigenvalue weighted by molar-refractivity contribution is 0.111. The van der Waals surface area contributed by atoms with Crippen molar-refractivity contribution in [3.05, 3.63) is 0 Å². The van der Waals surface area contributed by atoms with Crippen molar-refractivity contribution in [2.45, 2.75) is 58.0 Å². The average Bonchev–Trinajstić information content (AvgIpc) is 3.15. The highest BCUT2D eigenvalue weighted by Gasteiger charge is 2.32. The van der Waals surface area contributed by atoms with Gasteiger partial charge < -0.3 is 10.5 Å². The Morgan fingerprint density at radius 2 is 2.12 bits per heavy atom. The number of rotatable bonds is 10. The van der Waals surface area contributed by atoms with E-state index in [1.807, 2.05) is 0 Å². The fourth-order valence-corrected chi connectivity index (χ4v) is 2.41. The van der Waals surface area contributed by atoms with Gasteiger partial charge in [0.1, 0.15) is 0 Å². The zero-order valence-electron chi connectivity index (χ0n) is 11.8. The minimum absolute atomic E-state index is 0.327. The zero-order valence-corrected chi connectivity index (χ0v) is 11.8. The predicted molar refractivity (Wildman–Crippen MR) is 73.1 cm³/mol. The van der Waals surface area contributed by atoms with E-state index < -0.39 is 0 Å². The second kappa shape index (κ2) is 8.06. The van der Waals surface area contributed by atoms with Gasteiger partial charge in [0.2, 0.25) is 0 Å². The maximum atomic E-state index is 6.21. The zero-order chi connectivity index (χ0) is 12.7. The summed E-state index contributed by atoms with van der Waals surface area (Å²) in [5.74, 6) is 0.908. The second-order valence-electron chi connectivity index (χ2n) is 5.47. The highest BCUT2D eigenvalue weighted by Crippen LogP contribution is 2.35. The lowest BCUT2D eigenvalue weighted by Crippen LogP contribution is -2.44. The van der Waals surface area contributed by atoms with Crippen LogP contribution in [0.1, 0.15) is 46.0 Å². The Kier molecular flexibility index (Phi) is 7.09. The van der Waals surface area contributed by atoms with Crippen LogP contribution in [0, 0.1) is 5.92 Å². The Balaban J connectivity index is 2.32. The van der Waals surface area contributed by atoms with Crippen LogP contribution in [-0.2, 0) is 4.74 Å². The molecular weight excluding hydrogens is 212 g/mol. The van der Waals surface area contributed by atoms with Gasteiger partial charge in [-0.05, 0) is 32.1 Å². The fourth-order valence-electron chi connectivity index (χ4n) is 2.41. The number of nitrogens with two attached hydrogens (primary N) is 1. The van der Waals surface area contributed by atoms with E-state index in [1.165, 1.54) is 25.7 Å². The molecular formula is C14H30N2O. The summed E-state index contributed by atoms with van der Waals surface area (Å²) in [4.78, 5) is 2.53. The summed E-state index contributed by atoms with van der Waals surface area (Å²) in [5.41, 5.74) is 6.21. The molecule has 0 aromatic rings. The van der Waals surface area contributed by atoms with E-state index in [-0.39, 0.29) is 0 Å². The van der Waals surface area contributed by atoms with Crippen LogP contribution in [0.2, 0.25) is 0 Å². The van der Waals surface area contributed by atoms with E-state index in [4.69, 9.17) is 10.5 Å². The highest BCUT2D eigenvalue weighted by molar-refractivity contribution is 4.86. The molecule has 2 atom stereocenters. The van der Waals surface area contributed by atoms with Gasteiger partial charge in [0, 0.05) is 32.3 Å². The van der Waals surface area contributed by atoms with Gasteiger partial charge >= 0.3 is 0 Å². The van der Waals surface area contributed by atoms with Crippen LogP contribution in [0.5, 0.6) is 0 Å². The molecule has 3 nitrogen and oxygen atoms in total. The molecule has 0 bridgehead atoms. The molecule has 0 amide bonds. The van der Waals surface area contributed by atoms with E-state index in [1.54, 1.807) is 7.11 Å². The molecule has 0 aromatic heterocycles. The summed E-state index contributed by atoms with van der Waals surface area (Å²) in [6, 6.07) is 1.01. The number of nitrogens with zero attached hydrogens (tertiary/aromatic N) is 1. The third kappa shape index (κ3) is 5.84. The van der Waals surface area contributed by atoms with Crippen molar-refractivity contribution >= 4 is 0 Å². The molecule has 2 unspecified atom stereocenters. The van der Waals surface area contributed by atoms with E-state index in [0.29, 0.717) is 12.1 Å². The quantitative estimate of drug-likeness (QED) is 0.638. The summed E-state index contributed by atoms with van der Waals surface area (Å²) in [5, 5.41) is 0. The monoisotopic (exact) mass is 242 g/mol. The van der Waals surface area contributed by atoms with Gasteiger partial charge in [0.05, 0.1) is 6.61 Å². The van der Waals surface area contributed by atoms with Crippen molar-refractivity contribution in [1.29, 1.82) is 0 Å². The molecule has 2 N–H and O–H groups in total. The molecule has 17 heavy (non-hydrogen) atoms. The molecule has 0 heterocycles. The Morgan fingerprint density at radius 1 is 1.41 bits per heavy atom. The predicted octanol–water partition coefficient (Wildman–Crippen LogP) is 2.25.